The highest BCUT2D eigenvalue weighted by atomic mass is 16.5. The van der Waals surface area contributed by atoms with Gasteiger partial charge in [0.25, 0.3) is 11.7 Å². The van der Waals surface area contributed by atoms with E-state index in [1.165, 1.54) is 4.90 Å². The minimum absolute atomic E-state index is 0.0203. The lowest BCUT2D eigenvalue weighted by molar-refractivity contribution is -0.132. The molecule has 1 fully saturated rings. The van der Waals surface area contributed by atoms with Gasteiger partial charge in [0.15, 0.2) is 0 Å². The van der Waals surface area contributed by atoms with Crippen molar-refractivity contribution in [2.45, 2.75) is 39.3 Å². The minimum Gasteiger partial charge on any atom is -0.507 e. The number of fused-ring (bicyclic) bond motifs is 1. The van der Waals surface area contributed by atoms with Crippen LogP contribution >= 0.6 is 0 Å². The summed E-state index contributed by atoms with van der Waals surface area (Å²) in [4.78, 5) is 27.9. The van der Waals surface area contributed by atoms with Gasteiger partial charge in [0.1, 0.15) is 40.9 Å². The Bertz CT molecular complexity index is 1320. The summed E-state index contributed by atoms with van der Waals surface area (Å²) in [6, 6.07) is 14.8. The van der Waals surface area contributed by atoms with Gasteiger partial charge in [-0.2, -0.15) is 0 Å². The van der Waals surface area contributed by atoms with Crippen molar-refractivity contribution < 1.29 is 28.6 Å². The zero-order valence-electron chi connectivity index (χ0n) is 19.2. The Morgan fingerprint density at radius 1 is 1.15 bits per heavy atom. The summed E-state index contributed by atoms with van der Waals surface area (Å²) in [5, 5.41) is 11.3. The molecule has 2 aromatic carbocycles. The largest absolute Gasteiger partial charge is 0.507 e. The summed E-state index contributed by atoms with van der Waals surface area (Å²) >= 11 is 0. The molecule has 0 bridgehead atoms. The Labute approximate surface area is 197 Å². The van der Waals surface area contributed by atoms with Gasteiger partial charge in [0.2, 0.25) is 0 Å². The third kappa shape index (κ3) is 3.63. The van der Waals surface area contributed by atoms with E-state index in [2.05, 4.69) is 0 Å². The monoisotopic (exact) mass is 459 g/mol. The van der Waals surface area contributed by atoms with Crippen LogP contribution in [0.4, 0.5) is 5.69 Å². The first-order chi connectivity index (χ1) is 16.4. The Morgan fingerprint density at radius 2 is 1.97 bits per heavy atom. The molecule has 7 heteroatoms. The average Bonchev–Trinajstić information content (AvgIpc) is 3.48. The fourth-order valence-electron chi connectivity index (χ4n) is 4.58. The summed E-state index contributed by atoms with van der Waals surface area (Å²) in [5.41, 5.74) is 1.85. The van der Waals surface area contributed by atoms with Gasteiger partial charge in [-0.1, -0.05) is 6.07 Å². The minimum atomic E-state index is -0.922. The number of aryl methyl sites for hydroxylation is 1. The number of aliphatic hydroxyl groups is 1. The molecule has 2 aliphatic heterocycles. The van der Waals surface area contributed by atoms with E-state index < -0.39 is 17.7 Å². The van der Waals surface area contributed by atoms with Crippen molar-refractivity contribution in [1.29, 1.82) is 0 Å². The zero-order chi connectivity index (χ0) is 24.0. The van der Waals surface area contributed by atoms with Crippen LogP contribution in [-0.2, 0) is 16.0 Å². The van der Waals surface area contributed by atoms with Gasteiger partial charge in [0.05, 0.1) is 12.2 Å². The van der Waals surface area contributed by atoms with Crippen molar-refractivity contribution in [2.24, 2.45) is 0 Å². The maximum Gasteiger partial charge on any atom is 0.300 e. The standard InChI is InChI=1S/C27H25NO6/c1-4-32-20-7-5-6-19(14-20)28-24(22-10-8-15(2)33-22)23(26(30)27(28)31)25(29)17-9-11-21-18(13-17)12-16(3)34-21/h5-11,13-14,16,24,29H,4,12H2,1-3H3/b25-23-. The van der Waals surface area contributed by atoms with E-state index in [0.717, 1.165) is 11.3 Å². The van der Waals surface area contributed by atoms with E-state index in [1.807, 2.05) is 19.9 Å². The molecule has 2 unspecified atom stereocenters. The van der Waals surface area contributed by atoms with Crippen molar-refractivity contribution in [3.05, 3.63) is 82.8 Å². The molecule has 0 radical (unpaired) electrons. The molecule has 34 heavy (non-hydrogen) atoms. The predicted molar refractivity (Wildman–Crippen MR) is 126 cm³/mol. The Morgan fingerprint density at radius 3 is 2.71 bits per heavy atom. The number of hydrogen-bond donors (Lipinski definition) is 1. The van der Waals surface area contributed by atoms with Crippen LogP contribution in [0.5, 0.6) is 11.5 Å². The summed E-state index contributed by atoms with van der Waals surface area (Å²) in [6.07, 6.45) is 0.747. The van der Waals surface area contributed by atoms with E-state index in [9.17, 15) is 14.7 Å². The molecule has 7 nitrogen and oxygen atoms in total. The first-order valence-electron chi connectivity index (χ1n) is 11.3. The van der Waals surface area contributed by atoms with Crippen LogP contribution in [-0.4, -0.2) is 29.5 Å². The first-order valence-corrected chi connectivity index (χ1v) is 11.3. The zero-order valence-corrected chi connectivity index (χ0v) is 19.2. The molecular weight excluding hydrogens is 434 g/mol. The average molecular weight is 459 g/mol. The number of aliphatic hydroxyl groups excluding tert-OH is 1. The van der Waals surface area contributed by atoms with Gasteiger partial charge < -0.3 is 19.0 Å². The fraction of sp³-hybridized carbons (Fsp3) is 0.259. The highest BCUT2D eigenvalue weighted by Crippen LogP contribution is 2.44. The third-order valence-electron chi connectivity index (χ3n) is 6.05. The first kappa shape index (κ1) is 21.8. The molecule has 1 amide bonds. The molecule has 0 saturated carbocycles. The molecule has 3 aromatic rings. The van der Waals surface area contributed by atoms with Gasteiger partial charge in [-0.15, -0.1) is 0 Å². The smallest absolute Gasteiger partial charge is 0.300 e. The SMILES string of the molecule is CCOc1cccc(N2C(=O)C(=O)/C(=C(\O)c3ccc4c(c3)CC(C)O4)C2c2ccc(C)o2)c1. The van der Waals surface area contributed by atoms with E-state index in [0.29, 0.717) is 41.5 Å². The molecule has 1 aromatic heterocycles. The number of carbonyl (C=O) groups excluding carboxylic acids is 2. The molecular formula is C27H25NO6. The van der Waals surface area contributed by atoms with Gasteiger partial charge >= 0.3 is 0 Å². The molecule has 1 N–H and O–H groups in total. The Kier molecular flexibility index (Phi) is 5.40. The van der Waals surface area contributed by atoms with Crippen LogP contribution in [0.25, 0.3) is 5.76 Å². The molecule has 3 heterocycles. The van der Waals surface area contributed by atoms with Crippen molar-refractivity contribution in [2.75, 3.05) is 11.5 Å². The van der Waals surface area contributed by atoms with Gasteiger partial charge in [-0.25, -0.2) is 0 Å². The van der Waals surface area contributed by atoms with Crippen LogP contribution in [0, 0.1) is 6.92 Å². The quantitative estimate of drug-likeness (QED) is 0.330. The molecule has 174 valence electrons. The third-order valence-corrected chi connectivity index (χ3v) is 6.05. The van der Waals surface area contributed by atoms with E-state index in [1.54, 1.807) is 55.5 Å². The summed E-state index contributed by atoms with van der Waals surface area (Å²) in [5.74, 6) is 0.587. The van der Waals surface area contributed by atoms with Gasteiger partial charge in [-0.05, 0) is 68.8 Å². The number of ketones is 1. The Hall–Kier alpha value is -4.00. The van der Waals surface area contributed by atoms with Crippen LogP contribution < -0.4 is 14.4 Å². The normalized spacial score (nSPS) is 21.0. The van der Waals surface area contributed by atoms with Crippen molar-refractivity contribution in [1.82, 2.24) is 0 Å². The highest BCUT2D eigenvalue weighted by Gasteiger charge is 2.48. The van der Waals surface area contributed by atoms with Crippen molar-refractivity contribution in [3.8, 4) is 11.5 Å². The number of nitrogens with zero attached hydrogens (tertiary/aromatic N) is 1. The van der Waals surface area contributed by atoms with Gasteiger partial charge in [0, 0.05) is 23.7 Å². The summed E-state index contributed by atoms with van der Waals surface area (Å²) in [6.45, 7) is 6.09. The van der Waals surface area contributed by atoms with Gasteiger partial charge in [-0.3, -0.25) is 14.5 Å². The second kappa shape index (κ2) is 8.41. The van der Waals surface area contributed by atoms with E-state index in [-0.39, 0.29) is 17.4 Å². The number of carbonyl (C=O) groups is 2. The topological polar surface area (TPSA) is 89.2 Å². The number of Topliss-reactive ketones (excluding diaryl/α,β-unsaturated/α-hetero) is 1. The molecule has 2 aliphatic rings. The number of anilines is 1. The number of ether oxygens (including phenoxy) is 2. The van der Waals surface area contributed by atoms with Crippen LogP contribution in [0.1, 0.15) is 42.5 Å². The van der Waals surface area contributed by atoms with Crippen LogP contribution in [0.3, 0.4) is 0 Å². The number of amides is 1. The predicted octanol–water partition coefficient (Wildman–Crippen LogP) is 4.94. The highest BCUT2D eigenvalue weighted by molar-refractivity contribution is 6.51. The second-order valence-corrected chi connectivity index (χ2v) is 8.50. The molecule has 0 spiro atoms. The number of hydrogen-bond acceptors (Lipinski definition) is 6. The maximum atomic E-state index is 13.3. The number of benzene rings is 2. The number of rotatable bonds is 5. The lowest BCUT2D eigenvalue weighted by Crippen LogP contribution is -2.29. The molecule has 1 saturated heterocycles. The van der Waals surface area contributed by atoms with Crippen molar-refractivity contribution >= 4 is 23.1 Å². The summed E-state index contributed by atoms with van der Waals surface area (Å²) in [7, 11) is 0. The molecule has 0 aliphatic carbocycles. The van der Waals surface area contributed by atoms with E-state index >= 15 is 0 Å². The molecule has 5 rings (SSSR count). The maximum absolute atomic E-state index is 13.3. The van der Waals surface area contributed by atoms with Crippen molar-refractivity contribution in [3.63, 3.8) is 0 Å². The van der Waals surface area contributed by atoms with E-state index in [4.69, 9.17) is 13.9 Å². The Balaban J connectivity index is 1.66. The second-order valence-electron chi connectivity index (χ2n) is 8.50. The van der Waals surface area contributed by atoms with Crippen LogP contribution in [0.2, 0.25) is 0 Å². The lowest BCUT2D eigenvalue weighted by Gasteiger charge is -2.24. The summed E-state index contributed by atoms with van der Waals surface area (Å²) < 4.78 is 17.2. The molecule has 2 atom stereocenters. The number of furan rings is 1. The lowest BCUT2D eigenvalue weighted by atomic mass is 9.97. The fourth-order valence-corrected chi connectivity index (χ4v) is 4.58. The van der Waals surface area contributed by atoms with Crippen LogP contribution in [0.15, 0.2) is 64.6 Å².